The third-order valence-electron chi connectivity index (χ3n) is 1.95. The predicted octanol–water partition coefficient (Wildman–Crippen LogP) is -3.25. The van der Waals surface area contributed by atoms with E-state index < -0.39 is 37.3 Å². The topological polar surface area (TPSA) is 116 Å². The molecule has 6 N–H and O–H groups in total. The van der Waals surface area contributed by atoms with Crippen molar-refractivity contribution in [3.8, 4) is 0 Å². The van der Waals surface area contributed by atoms with Gasteiger partial charge in [-0.3, -0.25) is 0 Å². The lowest BCUT2D eigenvalue weighted by Gasteiger charge is -2.38. The van der Waals surface area contributed by atoms with Crippen LogP contribution in [0.1, 0.15) is 0 Å². The molecular formula is C6H13NO5. The zero-order chi connectivity index (χ0) is 9.30. The first-order chi connectivity index (χ1) is 5.57. The lowest BCUT2D eigenvalue weighted by Crippen LogP contribution is -2.61. The van der Waals surface area contributed by atoms with Gasteiger partial charge >= 0.3 is 0 Å². The number of ether oxygens (including phenoxy) is 1. The van der Waals surface area contributed by atoms with E-state index in [0.717, 1.165) is 0 Å². The number of rotatable bonds is 1. The molecule has 1 fully saturated rings. The summed E-state index contributed by atoms with van der Waals surface area (Å²) in [5, 5.41) is 36.1. The molecule has 0 aromatic heterocycles. The zero-order valence-electron chi connectivity index (χ0n) is 6.37. The molecule has 72 valence electrons. The molecule has 6 heteroatoms. The Hall–Kier alpha value is -0.240. The summed E-state index contributed by atoms with van der Waals surface area (Å²) in [6.45, 7) is -0.470. The first kappa shape index (κ1) is 9.85. The van der Waals surface area contributed by atoms with Crippen molar-refractivity contribution in [2.75, 3.05) is 6.61 Å². The minimum atomic E-state index is -1.35. The van der Waals surface area contributed by atoms with Crippen molar-refractivity contribution in [1.29, 1.82) is 0 Å². The lowest BCUT2D eigenvalue weighted by molar-refractivity contribution is -0.248. The Bertz CT molecular complexity index is 150. The van der Waals surface area contributed by atoms with E-state index in [2.05, 4.69) is 0 Å². The summed E-state index contributed by atoms with van der Waals surface area (Å²) in [6.07, 6.45) is -4.85. The molecule has 0 spiro atoms. The van der Waals surface area contributed by atoms with Gasteiger partial charge in [0.05, 0.1) is 12.6 Å². The molecule has 0 aromatic rings. The largest absolute Gasteiger partial charge is 0.394 e. The van der Waals surface area contributed by atoms with Crippen molar-refractivity contribution < 1.29 is 25.2 Å². The summed E-state index contributed by atoms with van der Waals surface area (Å²) in [7, 11) is 0. The molecular weight excluding hydrogens is 166 g/mol. The highest BCUT2D eigenvalue weighted by Crippen LogP contribution is 2.17. The maximum absolute atomic E-state index is 9.20. The fraction of sp³-hybridized carbons (Fsp3) is 1.00. The molecule has 1 aliphatic rings. The lowest BCUT2D eigenvalue weighted by atomic mass is 9.98. The van der Waals surface area contributed by atoms with Gasteiger partial charge in [-0.05, 0) is 0 Å². The van der Waals surface area contributed by atoms with Crippen LogP contribution in [0.4, 0.5) is 0 Å². The smallest absolute Gasteiger partial charge is 0.173 e. The molecule has 0 amide bonds. The molecule has 0 bridgehead atoms. The Balaban J connectivity index is 2.63. The van der Waals surface area contributed by atoms with E-state index in [1.807, 2.05) is 0 Å². The van der Waals surface area contributed by atoms with Crippen LogP contribution in [-0.4, -0.2) is 57.7 Å². The van der Waals surface area contributed by atoms with Crippen LogP contribution in [0.3, 0.4) is 0 Å². The van der Waals surface area contributed by atoms with Crippen LogP contribution in [0.2, 0.25) is 0 Å². The van der Waals surface area contributed by atoms with Gasteiger partial charge in [0.2, 0.25) is 0 Å². The van der Waals surface area contributed by atoms with Crippen LogP contribution in [0, 0.1) is 0 Å². The highest BCUT2D eigenvalue weighted by Gasteiger charge is 2.41. The Morgan fingerprint density at radius 3 is 2.25 bits per heavy atom. The van der Waals surface area contributed by atoms with Gasteiger partial charge in [0.1, 0.15) is 18.3 Å². The molecule has 1 aliphatic heterocycles. The Kier molecular flexibility index (Phi) is 2.99. The highest BCUT2D eigenvalue weighted by atomic mass is 16.6. The van der Waals surface area contributed by atoms with E-state index in [9.17, 15) is 10.2 Å². The number of hydrogen-bond acceptors (Lipinski definition) is 6. The minimum absolute atomic E-state index is 0.470. The maximum atomic E-state index is 9.20. The number of nitrogens with two attached hydrogens (primary N) is 1. The van der Waals surface area contributed by atoms with E-state index in [1.54, 1.807) is 0 Å². The molecule has 0 aliphatic carbocycles. The second kappa shape index (κ2) is 3.65. The molecule has 5 atom stereocenters. The third-order valence-corrected chi connectivity index (χ3v) is 1.95. The molecule has 1 rings (SSSR count). The van der Waals surface area contributed by atoms with Gasteiger partial charge in [-0.25, -0.2) is 0 Å². The molecule has 5 unspecified atom stereocenters. The van der Waals surface area contributed by atoms with Gasteiger partial charge < -0.3 is 30.9 Å². The first-order valence-corrected chi connectivity index (χ1v) is 3.64. The van der Waals surface area contributed by atoms with Crippen molar-refractivity contribution >= 4 is 0 Å². The molecule has 1 saturated heterocycles. The van der Waals surface area contributed by atoms with E-state index in [-0.39, 0.29) is 0 Å². The number of hydrogen-bond donors (Lipinski definition) is 5. The third kappa shape index (κ3) is 1.58. The monoisotopic (exact) mass is 179 g/mol. The zero-order valence-corrected chi connectivity index (χ0v) is 6.37. The average Bonchev–Trinajstić information content (AvgIpc) is 2.08. The van der Waals surface area contributed by atoms with Crippen LogP contribution >= 0.6 is 0 Å². The van der Waals surface area contributed by atoms with Crippen LogP contribution < -0.4 is 5.73 Å². The van der Waals surface area contributed by atoms with Crippen LogP contribution in [0.15, 0.2) is 0 Å². The number of aliphatic hydroxyl groups is 4. The summed E-state index contributed by atoms with van der Waals surface area (Å²) in [5.41, 5.74) is 5.26. The highest BCUT2D eigenvalue weighted by molar-refractivity contribution is 4.90. The summed E-state index contributed by atoms with van der Waals surface area (Å²) in [6, 6.07) is -1.04. The quantitative estimate of drug-likeness (QED) is 0.288. The first-order valence-electron chi connectivity index (χ1n) is 3.64. The van der Waals surface area contributed by atoms with Gasteiger partial charge in [-0.1, -0.05) is 0 Å². The summed E-state index contributed by atoms with van der Waals surface area (Å²) in [5.74, 6) is 0. The van der Waals surface area contributed by atoms with Crippen molar-refractivity contribution in [2.45, 2.75) is 30.6 Å². The van der Waals surface area contributed by atoms with Crippen LogP contribution in [0.5, 0.6) is 0 Å². The summed E-state index contributed by atoms with van der Waals surface area (Å²) >= 11 is 0. The second-order valence-electron chi connectivity index (χ2n) is 2.81. The van der Waals surface area contributed by atoms with Gasteiger partial charge in [-0.15, -0.1) is 0 Å². The molecule has 1 heterocycles. The molecule has 0 radical (unpaired) electrons. The average molecular weight is 179 g/mol. The maximum Gasteiger partial charge on any atom is 0.173 e. The normalized spacial score (nSPS) is 49.2. The second-order valence-corrected chi connectivity index (χ2v) is 2.81. The van der Waals surface area contributed by atoms with Gasteiger partial charge in [0.25, 0.3) is 0 Å². The van der Waals surface area contributed by atoms with Crippen molar-refractivity contribution in [3.05, 3.63) is 0 Å². The fourth-order valence-electron chi connectivity index (χ4n) is 1.12. The van der Waals surface area contributed by atoms with Crippen molar-refractivity contribution in [3.63, 3.8) is 0 Å². The van der Waals surface area contributed by atoms with Gasteiger partial charge in [0.15, 0.2) is 6.29 Å². The SMILES string of the molecule is NC1C(O)OC(CO)C(O)C1O. The minimum Gasteiger partial charge on any atom is -0.394 e. The van der Waals surface area contributed by atoms with E-state index in [1.165, 1.54) is 0 Å². The molecule has 12 heavy (non-hydrogen) atoms. The van der Waals surface area contributed by atoms with E-state index >= 15 is 0 Å². The van der Waals surface area contributed by atoms with Crippen LogP contribution in [-0.2, 0) is 4.74 Å². The molecule has 6 nitrogen and oxygen atoms in total. The van der Waals surface area contributed by atoms with E-state index in [4.69, 9.17) is 20.7 Å². The van der Waals surface area contributed by atoms with Crippen LogP contribution in [0.25, 0.3) is 0 Å². The Morgan fingerprint density at radius 1 is 1.17 bits per heavy atom. The Labute approximate surface area is 69.2 Å². The summed E-state index contributed by atoms with van der Waals surface area (Å²) in [4.78, 5) is 0. The Morgan fingerprint density at radius 2 is 1.75 bits per heavy atom. The summed E-state index contributed by atoms with van der Waals surface area (Å²) < 4.78 is 4.70. The van der Waals surface area contributed by atoms with Crippen molar-refractivity contribution in [2.24, 2.45) is 5.73 Å². The van der Waals surface area contributed by atoms with Crippen molar-refractivity contribution in [1.82, 2.24) is 0 Å². The standard InChI is InChI=1S/C6H13NO5/c7-3-5(10)4(9)2(1-8)12-6(3)11/h2-6,8-11H,1,7H2. The number of aliphatic hydroxyl groups excluding tert-OH is 4. The van der Waals surface area contributed by atoms with Gasteiger partial charge in [0, 0.05) is 0 Å². The fourth-order valence-corrected chi connectivity index (χ4v) is 1.12. The molecule has 0 saturated carbocycles. The van der Waals surface area contributed by atoms with E-state index in [0.29, 0.717) is 0 Å². The predicted molar refractivity (Wildman–Crippen MR) is 38.0 cm³/mol. The molecule has 0 aromatic carbocycles. The van der Waals surface area contributed by atoms with Gasteiger partial charge in [-0.2, -0.15) is 0 Å².